The summed E-state index contributed by atoms with van der Waals surface area (Å²) in [5.41, 5.74) is 3.83. The van der Waals surface area contributed by atoms with E-state index in [9.17, 15) is 10.1 Å². The Morgan fingerprint density at radius 2 is 1.50 bits per heavy atom. The third-order valence-corrected chi connectivity index (χ3v) is 5.40. The second-order valence-corrected chi connectivity index (χ2v) is 7.93. The van der Waals surface area contributed by atoms with Gasteiger partial charge in [-0.1, -0.05) is 86.1 Å². The number of esters is 1. The molecule has 0 fully saturated rings. The summed E-state index contributed by atoms with van der Waals surface area (Å²) in [6.07, 6.45) is 2.31. The molecule has 0 saturated heterocycles. The van der Waals surface area contributed by atoms with E-state index < -0.39 is 6.04 Å². The van der Waals surface area contributed by atoms with E-state index in [2.05, 4.69) is 42.2 Å². The maximum absolute atomic E-state index is 13.3. The van der Waals surface area contributed by atoms with E-state index in [1.807, 2.05) is 54.6 Å². The van der Waals surface area contributed by atoms with Gasteiger partial charge in [0.2, 0.25) is 0 Å². The van der Waals surface area contributed by atoms with Gasteiger partial charge in [0.25, 0.3) is 0 Å². The van der Waals surface area contributed by atoms with Crippen LogP contribution in [-0.2, 0) is 29.0 Å². The van der Waals surface area contributed by atoms with Crippen molar-refractivity contribution in [3.8, 4) is 6.07 Å². The van der Waals surface area contributed by atoms with Crippen molar-refractivity contribution in [3.63, 3.8) is 0 Å². The highest BCUT2D eigenvalue weighted by Crippen LogP contribution is 2.19. The third kappa shape index (κ3) is 7.08. The Kier molecular flexibility index (Phi) is 9.04. The van der Waals surface area contributed by atoms with Crippen molar-refractivity contribution in [2.24, 2.45) is 0 Å². The van der Waals surface area contributed by atoms with Crippen molar-refractivity contribution in [1.82, 2.24) is 4.90 Å². The number of nitrogens with zero attached hydrogens (tertiary/aromatic N) is 2. The minimum atomic E-state index is -0.457. The molecule has 4 heteroatoms. The number of nitriles is 1. The standard InChI is InChI=1S/C28H30N2O2/c1-2-3-17-32-28(31)27(19-25-15-10-16-26(18-25)20-29)30(21-23-11-6-4-7-12-23)22-24-13-8-5-9-14-24/h4-16,18,27H,2-3,17,19,21-22H2,1H3/t27-/m0/s1. The molecule has 0 bridgehead atoms. The van der Waals surface area contributed by atoms with Gasteiger partial charge in [0.15, 0.2) is 0 Å². The second kappa shape index (κ2) is 12.4. The monoisotopic (exact) mass is 426 g/mol. The Morgan fingerprint density at radius 3 is 2.06 bits per heavy atom. The number of unbranched alkanes of at least 4 members (excludes halogenated alkanes) is 1. The summed E-state index contributed by atoms with van der Waals surface area (Å²) in [5.74, 6) is -0.215. The first-order valence-electron chi connectivity index (χ1n) is 11.2. The van der Waals surface area contributed by atoms with Crippen molar-refractivity contribution in [1.29, 1.82) is 5.26 Å². The van der Waals surface area contributed by atoms with E-state index >= 15 is 0 Å². The lowest BCUT2D eigenvalue weighted by atomic mass is 10.0. The first-order valence-corrected chi connectivity index (χ1v) is 11.2. The fraction of sp³-hybridized carbons (Fsp3) is 0.286. The fourth-order valence-electron chi connectivity index (χ4n) is 3.68. The summed E-state index contributed by atoms with van der Waals surface area (Å²) < 4.78 is 5.68. The average molecular weight is 427 g/mol. The van der Waals surface area contributed by atoms with Crippen LogP contribution < -0.4 is 0 Å². The summed E-state index contributed by atoms with van der Waals surface area (Å²) >= 11 is 0. The molecule has 0 aliphatic carbocycles. The molecule has 0 aliphatic heterocycles. The number of hydrogen-bond acceptors (Lipinski definition) is 4. The van der Waals surface area contributed by atoms with Gasteiger partial charge in [0.1, 0.15) is 6.04 Å². The van der Waals surface area contributed by atoms with Crippen molar-refractivity contribution < 1.29 is 9.53 Å². The molecule has 164 valence electrons. The van der Waals surface area contributed by atoms with Crippen LogP contribution in [0, 0.1) is 11.3 Å². The van der Waals surface area contributed by atoms with Crippen LogP contribution in [-0.4, -0.2) is 23.5 Å². The van der Waals surface area contributed by atoms with Crippen LogP contribution in [0.3, 0.4) is 0 Å². The van der Waals surface area contributed by atoms with Gasteiger partial charge in [-0.05, 0) is 41.7 Å². The van der Waals surface area contributed by atoms with Crippen LogP contribution >= 0.6 is 0 Å². The second-order valence-electron chi connectivity index (χ2n) is 7.93. The largest absolute Gasteiger partial charge is 0.465 e. The molecule has 3 aromatic rings. The molecule has 4 nitrogen and oxygen atoms in total. The van der Waals surface area contributed by atoms with Gasteiger partial charge >= 0.3 is 5.97 Å². The van der Waals surface area contributed by atoms with Gasteiger partial charge in [-0.25, -0.2) is 0 Å². The molecule has 0 saturated carbocycles. The summed E-state index contributed by atoms with van der Waals surface area (Å²) in [7, 11) is 0. The molecule has 0 N–H and O–H groups in total. The highest BCUT2D eigenvalue weighted by Gasteiger charge is 2.28. The number of hydrogen-bond donors (Lipinski definition) is 0. The van der Waals surface area contributed by atoms with Crippen LogP contribution in [0.4, 0.5) is 0 Å². The average Bonchev–Trinajstić information content (AvgIpc) is 2.83. The third-order valence-electron chi connectivity index (χ3n) is 5.40. The minimum absolute atomic E-state index is 0.215. The highest BCUT2D eigenvalue weighted by molar-refractivity contribution is 5.76. The maximum Gasteiger partial charge on any atom is 0.323 e. The van der Waals surface area contributed by atoms with Crippen molar-refractivity contribution in [3.05, 3.63) is 107 Å². The number of rotatable bonds is 11. The molecular weight excluding hydrogens is 396 g/mol. The van der Waals surface area contributed by atoms with Gasteiger partial charge in [-0.3, -0.25) is 9.69 Å². The van der Waals surface area contributed by atoms with E-state index in [0.717, 1.165) is 29.5 Å². The van der Waals surface area contributed by atoms with E-state index in [4.69, 9.17) is 4.74 Å². The summed E-state index contributed by atoms with van der Waals surface area (Å²) in [6.45, 7) is 3.76. The fourth-order valence-corrected chi connectivity index (χ4v) is 3.68. The molecule has 32 heavy (non-hydrogen) atoms. The molecule has 0 radical (unpaired) electrons. The Labute approximate surface area is 191 Å². The smallest absolute Gasteiger partial charge is 0.323 e. The minimum Gasteiger partial charge on any atom is -0.465 e. The zero-order chi connectivity index (χ0) is 22.6. The van der Waals surface area contributed by atoms with Gasteiger partial charge in [-0.2, -0.15) is 5.26 Å². The molecule has 0 heterocycles. The number of ether oxygens (including phenoxy) is 1. The molecular formula is C28H30N2O2. The predicted octanol–water partition coefficient (Wildman–Crippen LogP) is 5.52. The lowest BCUT2D eigenvalue weighted by Crippen LogP contribution is -2.43. The molecule has 0 spiro atoms. The van der Waals surface area contributed by atoms with E-state index in [0.29, 0.717) is 31.7 Å². The van der Waals surface area contributed by atoms with Crippen LogP contribution in [0.5, 0.6) is 0 Å². The summed E-state index contributed by atoms with van der Waals surface area (Å²) in [6, 6.07) is 29.6. The molecule has 1 atom stereocenters. The normalized spacial score (nSPS) is 11.7. The van der Waals surface area contributed by atoms with Crippen LogP contribution in [0.15, 0.2) is 84.9 Å². The Hall–Kier alpha value is -3.42. The number of carbonyl (C=O) groups is 1. The zero-order valence-electron chi connectivity index (χ0n) is 18.6. The van der Waals surface area contributed by atoms with Crippen LogP contribution in [0.2, 0.25) is 0 Å². The summed E-state index contributed by atoms with van der Waals surface area (Å²) in [4.78, 5) is 15.4. The number of carbonyl (C=O) groups excluding carboxylic acids is 1. The van der Waals surface area contributed by atoms with Gasteiger partial charge in [0.05, 0.1) is 18.2 Å². The molecule has 0 aromatic heterocycles. The van der Waals surface area contributed by atoms with Crippen molar-refractivity contribution in [2.45, 2.75) is 45.3 Å². The zero-order valence-corrected chi connectivity index (χ0v) is 18.6. The first-order chi connectivity index (χ1) is 15.7. The lowest BCUT2D eigenvalue weighted by Gasteiger charge is -2.31. The maximum atomic E-state index is 13.3. The van der Waals surface area contributed by atoms with Gasteiger partial charge in [0, 0.05) is 13.1 Å². The van der Waals surface area contributed by atoms with E-state index in [1.165, 1.54) is 0 Å². The topological polar surface area (TPSA) is 53.3 Å². The first kappa shape index (κ1) is 23.2. The molecule has 3 aromatic carbocycles. The Bertz CT molecular complexity index is 971. The van der Waals surface area contributed by atoms with Crippen LogP contribution in [0.25, 0.3) is 0 Å². The van der Waals surface area contributed by atoms with E-state index in [-0.39, 0.29) is 5.97 Å². The van der Waals surface area contributed by atoms with Gasteiger partial charge in [-0.15, -0.1) is 0 Å². The summed E-state index contributed by atoms with van der Waals surface area (Å²) in [5, 5.41) is 9.30. The molecule has 0 unspecified atom stereocenters. The molecule has 0 aliphatic rings. The molecule has 0 amide bonds. The quantitative estimate of drug-likeness (QED) is 0.299. The lowest BCUT2D eigenvalue weighted by molar-refractivity contribution is -0.150. The Balaban J connectivity index is 1.91. The number of benzene rings is 3. The predicted molar refractivity (Wildman–Crippen MR) is 127 cm³/mol. The van der Waals surface area contributed by atoms with Crippen molar-refractivity contribution >= 4 is 5.97 Å². The Morgan fingerprint density at radius 1 is 0.906 bits per heavy atom. The van der Waals surface area contributed by atoms with Crippen LogP contribution in [0.1, 0.15) is 42.0 Å². The van der Waals surface area contributed by atoms with Gasteiger partial charge < -0.3 is 4.74 Å². The molecule has 3 rings (SSSR count). The highest BCUT2D eigenvalue weighted by atomic mass is 16.5. The SMILES string of the molecule is CCCCOC(=O)[C@H](Cc1cccc(C#N)c1)N(Cc1ccccc1)Cc1ccccc1. The van der Waals surface area contributed by atoms with Crippen molar-refractivity contribution in [2.75, 3.05) is 6.61 Å². The van der Waals surface area contributed by atoms with E-state index in [1.54, 1.807) is 6.07 Å².